The van der Waals surface area contributed by atoms with Crippen LogP contribution in [0.3, 0.4) is 0 Å². The average Bonchev–Trinajstić information content (AvgIpc) is 2.90. The standard InChI is InChI=1S/C25H24F6N6O2/c1-16-14-36(23(38)35(2)20-12-18(24(26,27)28)11-19(13-20)25(29,30)31)9-10-37(16)21-22(34-8-7-33-21)39-15-17-3-5-32-6-4-17/h3-8,11-13,16H,9-10,14-15H2,1-2H3. The summed E-state index contributed by atoms with van der Waals surface area (Å²) in [5.41, 5.74) is -2.63. The van der Waals surface area contributed by atoms with E-state index in [-0.39, 0.29) is 44.2 Å². The zero-order valence-electron chi connectivity index (χ0n) is 20.9. The summed E-state index contributed by atoms with van der Waals surface area (Å²) < 4.78 is 85.6. The lowest BCUT2D eigenvalue weighted by Crippen LogP contribution is -2.56. The molecule has 2 amide bonds. The summed E-state index contributed by atoms with van der Waals surface area (Å²) in [6.45, 7) is 2.59. The van der Waals surface area contributed by atoms with Gasteiger partial charge in [-0.05, 0) is 42.8 Å². The lowest BCUT2D eigenvalue weighted by molar-refractivity contribution is -0.143. The highest BCUT2D eigenvalue weighted by Gasteiger charge is 2.38. The molecule has 1 unspecified atom stereocenters. The first-order chi connectivity index (χ1) is 18.3. The smallest absolute Gasteiger partial charge is 0.416 e. The van der Waals surface area contributed by atoms with E-state index in [4.69, 9.17) is 4.74 Å². The van der Waals surface area contributed by atoms with Gasteiger partial charge in [-0.2, -0.15) is 26.3 Å². The summed E-state index contributed by atoms with van der Waals surface area (Å²) in [4.78, 5) is 29.8. The minimum absolute atomic E-state index is 0.0257. The molecule has 0 radical (unpaired) electrons. The second-order valence-corrected chi connectivity index (χ2v) is 8.92. The Balaban J connectivity index is 1.49. The fourth-order valence-corrected chi connectivity index (χ4v) is 4.15. The summed E-state index contributed by atoms with van der Waals surface area (Å²) >= 11 is 0. The van der Waals surface area contributed by atoms with Gasteiger partial charge in [-0.25, -0.2) is 14.8 Å². The number of nitrogens with zero attached hydrogens (tertiary/aromatic N) is 6. The Morgan fingerprint density at radius 3 is 2.18 bits per heavy atom. The van der Waals surface area contributed by atoms with Crippen molar-refractivity contribution in [3.63, 3.8) is 0 Å². The molecule has 14 heteroatoms. The van der Waals surface area contributed by atoms with Crippen LogP contribution in [0.5, 0.6) is 5.88 Å². The van der Waals surface area contributed by atoms with Crippen molar-refractivity contribution in [3.8, 4) is 5.88 Å². The van der Waals surface area contributed by atoms with E-state index in [1.165, 1.54) is 17.3 Å². The molecule has 208 valence electrons. The number of amides is 2. The molecule has 1 atom stereocenters. The molecule has 39 heavy (non-hydrogen) atoms. The maximum atomic E-state index is 13.3. The molecule has 4 rings (SSSR count). The Bertz CT molecular complexity index is 1270. The van der Waals surface area contributed by atoms with Crippen LogP contribution in [-0.2, 0) is 19.0 Å². The summed E-state index contributed by atoms with van der Waals surface area (Å²) in [5, 5.41) is 0. The largest absolute Gasteiger partial charge is 0.470 e. The maximum absolute atomic E-state index is 13.3. The average molecular weight is 554 g/mol. The van der Waals surface area contributed by atoms with E-state index in [0.29, 0.717) is 18.0 Å². The van der Waals surface area contributed by atoms with Gasteiger partial charge in [0.15, 0.2) is 5.82 Å². The number of ether oxygens (including phenoxy) is 1. The summed E-state index contributed by atoms with van der Waals surface area (Å²) in [5.74, 6) is 0.730. The van der Waals surface area contributed by atoms with Crippen LogP contribution in [0.25, 0.3) is 0 Å². The highest BCUT2D eigenvalue weighted by atomic mass is 19.4. The number of anilines is 2. The Labute approximate surface area is 219 Å². The Morgan fingerprint density at radius 1 is 0.974 bits per heavy atom. The van der Waals surface area contributed by atoms with Gasteiger partial charge >= 0.3 is 18.4 Å². The van der Waals surface area contributed by atoms with Crippen LogP contribution >= 0.6 is 0 Å². The van der Waals surface area contributed by atoms with Gasteiger partial charge in [0.1, 0.15) is 6.61 Å². The molecule has 1 aliphatic rings. The van der Waals surface area contributed by atoms with Crippen LogP contribution in [0.2, 0.25) is 0 Å². The van der Waals surface area contributed by atoms with E-state index in [2.05, 4.69) is 15.0 Å². The van der Waals surface area contributed by atoms with Crippen molar-refractivity contribution in [2.45, 2.75) is 31.9 Å². The molecule has 0 bridgehead atoms. The fourth-order valence-electron chi connectivity index (χ4n) is 4.15. The summed E-state index contributed by atoms with van der Waals surface area (Å²) in [7, 11) is 1.14. The van der Waals surface area contributed by atoms with Gasteiger partial charge in [-0.15, -0.1) is 0 Å². The minimum atomic E-state index is -5.02. The van der Waals surface area contributed by atoms with E-state index in [1.807, 2.05) is 11.8 Å². The van der Waals surface area contributed by atoms with Crippen LogP contribution in [0, 0.1) is 0 Å². The molecule has 8 nitrogen and oxygen atoms in total. The third-order valence-corrected chi connectivity index (χ3v) is 6.19. The monoisotopic (exact) mass is 554 g/mol. The van der Waals surface area contributed by atoms with E-state index >= 15 is 0 Å². The van der Waals surface area contributed by atoms with Crippen molar-refractivity contribution in [1.82, 2.24) is 19.9 Å². The SMILES string of the molecule is CC1CN(C(=O)N(C)c2cc(C(F)(F)F)cc(C(F)(F)F)c2)CCN1c1nccnc1OCc1ccncc1. The molecule has 0 N–H and O–H groups in total. The van der Waals surface area contributed by atoms with Gasteiger partial charge in [0.05, 0.1) is 11.1 Å². The molecule has 2 aromatic heterocycles. The molecular weight excluding hydrogens is 530 g/mol. The normalized spacial score (nSPS) is 16.3. The number of aromatic nitrogens is 3. The number of hydrogen-bond donors (Lipinski definition) is 0. The lowest BCUT2D eigenvalue weighted by atomic mass is 10.1. The second-order valence-electron chi connectivity index (χ2n) is 8.92. The first-order valence-corrected chi connectivity index (χ1v) is 11.8. The number of rotatable bonds is 5. The highest BCUT2D eigenvalue weighted by molar-refractivity contribution is 5.92. The van der Waals surface area contributed by atoms with Crippen molar-refractivity contribution in [2.24, 2.45) is 0 Å². The molecule has 1 aromatic carbocycles. The van der Waals surface area contributed by atoms with Crippen LogP contribution in [0.4, 0.5) is 42.6 Å². The fraction of sp³-hybridized carbons (Fsp3) is 0.360. The number of carbonyl (C=O) groups is 1. The Morgan fingerprint density at radius 2 is 1.59 bits per heavy atom. The topological polar surface area (TPSA) is 74.7 Å². The van der Waals surface area contributed by atoms with Crippen molar-refractivity contribution >= 4 is 17.5 Å². The second kappa shape index (κ2) is 10.9. The van der Waals surface area contributed by atoms with Gasteiger partial charge in [0.25, 0.3) is 5.88 Å². The highest BCUT2D eigenvalue weighted by Crippen LogP contribution is 2.38. The number of piperazine rings is 1. The Kier molecular flexibility index (Phi) is 7.84. The molecule has 3 heterocycles. The third-order valence-electron chi connectivity index (χ3n) is 6.19. The third kappa shape index (κ3) is 6.49. The van der Waals surface area contributed by atoms with E-state index in [9.17, 15) is 31.1 Å². The number of alkyl halides is 6. The quantitative estimate of drug-likeness (QED) is 0.401. The minimum Gasteiger partial charge on any atom is -0.470 e. The number of carbonyl (C=O) groups excluding carboxylic acids is 1. The zero-order valence-corrected chi connectivity index (χ0v) is 20.9. The lowest BCUT2D eigenvalue weighted by Gasteiger charge is -2.41. The zero-order chi connectivity index (χ0) is 28.4. The summed E-state index contributed by atoms with van der Waals surface area (Å²) in [6, 6.07) is 3.61. The molecule has 0 spiro atoms. The number of hydrogen-bond acceptors (Lipinski definition) is 6. The number of halogens is 6. The molecule has 1 saturated heterocycles. The van der Waals surface area contributed by atoms with Crippen LogP contribution < -0.4 is 14.5 Å². The van der Waals surface area contributed by atoms with Crippen molar-refractivity contribution in [3.05, 3.63) is 71.8 Å². The summed E-state index contributed by atoms with van der Waals surface area (Å²) in [6.07, 6.45) is -3.79. The number of urea groups is 1. The maximum Gasteiger partial charge on any atom is 0.416 e. The molecule has 1 fully saturated rings. The van der Waals surface area contributed by atoms with Gasteiger partial charge in [0, 0.05) is 63.2 Å². The first kappa shape index (κ1) is 27.9. The van der Waals surface area contributed by atoms with Crippen LogP contribution in [0.1, 0.15) is 23.6 Å². The number of benzene rings is 1. The predicted molar refractivity (Wildman–Crippen MR) is 129 cm³/mol. The Hall–Kier alpha value is -4.10. The predicted octanol–water partition coefficient (Wildman–Crippen LogP) is 5.26. The van der Waals surface area contributed by atoms with Gasteiger partial charge in [-0.3, -0.25) is 9.88 Å². The van der Waals surface area contributed by atoms with E-state index in [0.717, 1.165) is 17.5 Å². The molecule has 3 aromatic rings. The van der Waals surface area contributed by atoms with Crippen LogP contribution in [0.15, 0.2) is 55.1 Å². The van der Waals surface area contributed by atoms with Gasteiger partial charge in [0.2, 0.25) is 0 Å². The molecular formula is C25H24F6N6O2. The van der Waals surface area contributed by atoms with Crippen molar-refractivity contribution in [2.75, 3.05) is 36.5 Å². The number of pyridine rings is 1. The first-order valence-electron chi connectivity index (χ1n) is 11.8. The van der Waals surface area contributed by atoms with E-state index < -0.39 is 35.2 Å². The van der Waals surface area contributed by atoms with E-state index in [1.54, 1.807) is 24.5 Å². The molecule has 1 aliphatic heterocycles. The van der Waals surface area contributed by atoms with Gasteiger partial charge in [-0.1, -0.05) is 0 Å². The van der Waals surface area contributed by atoms with Crippen molar-refractivity contribution < 1.29 is 35.9 Å². The van der Waals surface area contributed by atoms with Crippen molar-refractivity contribution in [1.29, 1.82) is 0 Å². The van der Waals surface area contributed by atoms with Crippen LogP contribution in [-0.4, -0.2) is 58.6 Å². The molecule has 0 saturated carbocycles. The van der Waals surface area contributed by atoms with Gasteiger partial charge < -0.3 is 14.5 Å². The molecule has 0 aliphatic carbocycles.